The molecule has 0 aliphatic carbocycles. The predicted octanol–water partition coefficient (Wildman–Crippen LogP) is 4.07. The van der Waals surface area contributed by atoms with Gasteiger partial charge >= 0.3 is 0 Å². The standard InChI is InChI=1S/C14H20/c1-5-6-14-10-13(9-11(2)3)8-7-12(14)4/h7-8,10H,2,5-6,9H2,1,3-4H3. The van der Waals surface area contributed by atoms with Crippen molar-refractivity contribution < 1.29 is 0 Å². The summed E-state index contributed by atoms with van der Waals surface area (Å²) in [4.78, 5) is 0. The lowest BCUT2D eigenvalue weighted by Gasteiger charge is -2.07. The molecule has 0 heteroatoms. The molecule has 0 radical (unpaired) electrons. The average Bonchev–Trinajstić information content (AvgIpc) is 2.10. The number of rotatable bonds is 4. The Morgan fingerprint density at radius 1 is 1.36 bits per heavy atom. The summed E-state index contributed by atoms with van der Waals surface area (Å²) >= 11 is 0. The van der Waals surface area contributed by atoms with E-state index < -0.39 is 0 Å². The van der Waals surface area contributed by atoms with Crippen LogP contribution in [0, 0.1) is 6.92 Å². The zero-order valence-electron chi connectivity index (χ0n) is 9.56. The smallest absolute Gasteiger partial charge is 0.00725 e. The van der Waals surface area contributed by atoms with Crippen LogP contribution in [0.3, 0.4) is 0 Å². The van der Waals surface area contributed by atoms with Gasteiger partial charge in [0.15, 0.2) is 0 Å². The molecule has 0 saturated heterocycles. The summed E-state index contributed by atoms with van der Waals surface area (Å²) in [7, 11) is 0. The fourth-order valence-electron chi connectivity index (χ4n) is 1.72. The number of hydrogen-bond acceptors (Lipinski definition) is 0. The minimum Gasteiger partial charge on any atom is -0.0998 e. The molecule has 0 saturated carbocycles. The summed E-state index contributed by atoms with van der Waals surface area (Å²) < 4.78 is 0. The molecule has 0 fully saturated rings. The van der Waals surface area contributed by atoms with Crippen LogP contribution in [0.25, 0.3) is 0 Å². The quantitative estimate of drug-likeness (QED) is 0.625. The van der Waals surface area contributed by atoms with E-state index in [1.54, 1.807) is 0 Å². The first-order chi connectivity index (χ1) is 6.63. The van der Waals surface area contributed by atoms with E-state index in [-0.39, 0.29) is 0 Å². The van der Waals surface area contributed by atoms with E-state index in [1.807, 2.05) is 0 Å². The van der Waals surface area contributed by atoms with Crippen molar-refractivity contribution in [2.45, 2.75) is 40.0 Å². The molecule has 0 amide bonds. The van der Waals surface area contributed by atoms with E-state index in [9.17, 15) is 0 Å². The highest BCUT2D eigenvalue weighted by atomic mass is 14.0. The summed E-state index contributed by atoms with van der Waals surface area (Å²) in [6, 6.07) is 6.76. The van der Waals surface area contributed by atoms with Crippen molar-refractivity contribution in [3.8, 4) is 0 Å². The maximum Gasteiger partial charge on any atom is -0.00725 e. The highest BCUT2D eigenvalue weighted by Crippen LogP contribution is 2.15. The van der Waals surface area contributed by atoms with E-state index in [2.05, 4.69) is 45.5 Å². The summed E-state index contributed by atoms with van der Waals surface area (Å²) in [6.45, 7) is 10.4. The second kappa shape index (κ2) is 4.99. The van der Waals surface area contributed by atoms with Crippen LogP contribution >= 0.6 is 0 Å². The molecule has 0 aliphatic heterocycles. The van der Waals surface area contributed by atoms with Gasteiger partial charge in [-0.1, -0.05) is 43.7 Å². The van der Waals surface area contributed by atoms with E-state index in [0.29, 0.717) is 0 Å². The fourth-order valence-corrected chi connectivity index (χ4v) is 1.72. The zero-order chi connectivity index (χ0) is 10.6. The third-order valence-corrected chi connectivity index (χ3v) is 2.44. The monoisotopic (exact) mass is 188 g/mol. The molecule has 0 heterocycles. The Balaban J connectivity index is 2.88. The van der Waals surface area contributed by atoms with E-state index >= 15 is 0 Å². The van der Waals surface area contributed by atoms with Crippen LogP contribution in [0.2, 0.25) is 0 Å². The summed E-state index contributed by atoms with van der Waals surface area (Å²) in [5.41, 5.74) is 5.53. The second-order valence-electron chi connectivity index (χ2n) is 4.14. The first-order valence-corrected chi connectivity index (χ1v) is 5.36. The SMILES string of the molecule is C=C(C)Cc1ccc(C)c(CCC)c1. The maximum atomic E-state index is 3.95. The number of aryl methyl sites for hydroxylation is 2. The van der Waals surface area contributed by atoms with Crippen LogP contribution in [0.15, 0.2) is 30.4 Å². The van der Waals surface area contributed by atoms with Crippen LogP contribution in [-0.2, 0) is 12.8 Å². The predicted molar refractivity (Wildman–Crippen MR) is 63.7 cm³/mol. The topological polar surface area (TPSA) is 0 Å². The minimum absolute atomic E-state index is 1.01. The number of allylic oxidation sites excluding steroid dienone is 1. The molecule has 0 bridgehead atoms. The Morgan fingerprint density at radius 2 is 2.07 bits per heavy atom. The molecule has 0 aromatic heterocycles. The highest BCUT2D eigenvalue weighted by molar-refractivity contribution is 5.32. The molecule has 0 atom stereocenters. The lowest BCUT2D eigenvalue weighted by molar-refractivity contribution is 0.908. The van der Waals surface area contributed by atoms with E-state index in [1.165, 1.54) is 35.1 Å². The molecule has 0 aliphatic rings. The largest absolute Gasteiger partial charge is 0.0998 e. The van der Waals surface area contributed by atoms with Gasteiger partial charge in [0.25, 0.3) is 0 Å². The Kier molecular flexibility index (Phi) is 3.94. The lowest BCUT2D eigenvalue weighted by atomic mass is 9.98. The van der Waals surface area contributed by atoms with Gasteiger partial charge in [0.1, 0.15) is 0 Å². The molecule has 0 nitrogen and oxygen atoms in total. The van der Waals surface area contributed by atoms with Crippen molar-refractivity contribution in [2.24, 2.45) is 0 Å². The van der Waals surface area contributed by atoms with Gasteiger partial charge in [-0.25, -0.2) is 0 Å². The Labute approximate surface area is 87.7 Å². The first kappa shape index (κ1) is 11.0. The minimum atomic E-state index is 1.01. The number of hydrogen-bond donors (Lipinski definition) is 0. The van der Waals surface area contributed by atoms with Gasteiger partial charge < -0.3 is 0 Å². The van der Waals surface area contributed by atoms with E-state index in [4.69, 9.17) is 0 Å². The summed E-state index contributed by atoms with van der Waals surface area (Å²) in [6.07, 6.45) is 3.42. The second-order valence-corrected chi connectivity index (χ2v) is 4.14. The molecule has 1 aromatic carbocycles. The molecule has 1 rings (SSSR count). The van der Waals surface area contributed by atoms with Crippen molar-refractivity contribution in [2.75, 3.05) is 0 Å². The Hall–Kier alpha value is -1.04. The van der Waals surface area contributed by atoms with Crippen LogP contribution in [0.1, 0.15) is 37.0 Å². The molecule has 0 spiro atoms. The van der Waals surface area contributed by atoms with Gasteiger partial charge in [-0.3, -0.25) is 0 Å². The van der Waals surface area contributed by atoms with Gasteiger partial charge in [-0.05, 0) is 43.4 Å². The van der Waals surface area contributed by atoms with Gasteiger partial charge in [0.2, 0.25) is 0 Å². The van der Waals surface area contributed by atoms with Crippen molar-refractivity contribution in [3.63, 3.8) is 0 Å². The average molecular weight is 188 g/mol. The molecule has 14 heavy (non-hydrogen) atoms. The Morgan fingerprint density at radius 3 is 2.64 bits per heavy atom. The van der Waals surface area contributed by atoms with Gasteiger partial charge in [-0.2, -0.15) is 0 Å². The fraction of sp³-hybridized carbons (Fsp3) is 0.429. The molecule has 0 N–H and O–H groups in total. The van der Waals surface area contributed by atoms with Gasteiger partial charge in [-0.15, -0.1) is 0 Å². The molecular weight excluding hydrogens is 168 g/mol. The molecule has 1 aromatic rings. The van der Waals surface area contributed by atoms with Crippen LogP contribution < -0.4 is 0 Å². The van der Waals surface area contributed by atoms with Gasteiger partial charge in [0.05, 0.1) is 0 Å². The van der Waals surface area contributed by atoms with Crippen molar-refractivity contribution in [1.82, 2.24) is 0 Å². The molecular formula is C14H20. The van der Waals surface area contributed by atoms with Crippen molar-refractivity contribution in [1.29, 1.82) is 0 Å². The first-order valence-electron chi connectivity index (χ1n) is 5.36. The zero-order valence-corrected chi connectivity index (χ0v) is 9.56. The normalized spacial score (nSPS) is 10.2. The number of benzene rings is 1. The molecule has 76 valence electrons. The third kappa shape index (κ3) is 3.02. The van der Waals surface area contributed by atoms with E-state index in [0.717, 1.165) is 6.42 Å². The summed E-state index contributed by atoms with van der Waals surface area (Å²) in [5, 5.41) is 0. The summed E-state index contributed by atoms with van der Waals surface area (Å²) in [5.74, 6) is 0. The van der Waals surface area contributed by atoms with Crippen LogP contribution in [0.4, 0.5) is 0 Å². The van der Waals surface area contributed by atoms with Crippen molar-refractivity contribution >= 4 is 0 Å². The maximum absolute atomic E-state index is 3.95. The van der Waals surface area contributed by atoms with Crippen LogP contribution in [-0.4, -0.2) is 0 Å². The highest BCUT2D eigenvalue weighted by Gasteiger charge is 1.99. The Bertz CT molecular complexity index is 321. The molecule has 0 unspecified atom stereocenters. The van der Waals surface area contributed by atoms with Crippen molar-refractivity contribution in [3.05, 3.63) is 47.0 Å². The van der Waals surface area contributed by atoms with Crippen LogP contribution in [0.5, 0.6) is 0 Å². The lowest BCUT2D eigenvalue weighted by Crippen LogP contribution is -1.93. The third-order valence-electron chi connectivity index (χ3n) is 2.44. The van der Waals surface area contributed by atoms with Gasteiger partial charge in [0, 0.05) is 0 Å².